The van der Waals surface area contributed by atoms with Gasteiger partial charge in [-0.3, -0.25) is 4.90 Å². The zero-order valence-corrected chi connectivity index (χ0v) is 22.5. The number of hydrogen-bond donors (Lipinski definition) is 2. The van der Waals surface area contributed by atoms with Crippen molar-refractivity contribution in [3.63, 3.8) is 0 Å². The van der Waals surface area contributed by atoms with E-state index in [9.17, 15) is 5.11 Å². The van der Waals surface area contributed by atoms with E-state index in [0.29, 0.717) is 25.2 Å². The summed E-state index contributed by atoms with van der Waals surface area (Å²) in [5, 5.41) is 10.2. The van der Waals surface area contributed by atoms with Crippen molar-refractivity contribution < 1.29 is 9.84 Å². The maximum absolute atomic E-state index is 10.2. The van der Waals surface area contributed by atoms with Crippen LogP contribution in [0.5, 0.6) is 6.01 Å². The number of nitrogens with two attached hydrogens (primary N) is 1. The molecule has 2 atom stereocenters. The Morgan fingerprint density at radius 1 is 1.03 bits per heavy atom. The predicted octanol–water partition coefficient (Wildman–Crippen LogP) is 3.06. The number of aliphatic hydroxyl groups is 1. The minimum atomic E-state index is -0.612. The summed E-state index contributed by atoms with van der Waals surface area (Å²) in [4.78, 5) is 16.9. The maximum atomic E-state index is 10.2. The van der Waals surface area contributed by atoms with Crippen molar-refractivity contribution in [1.82, 2.24) is 14.9 Å². The van der Waals surface area contributed by atoms with E-state index in [1.54, 1.807) is 6.08 Å². The third-order valence-electron chi connectivity index (χ3n) is 8.36. The van der Waals surface area contributed by atoms with Gasteiger partial charge < -0.3 is 25.4 Å². The Kier molecular flexibility index (Phi) is 7.50. The molecule has 2 aromatic carbocycles. The van der Waals surface area contributed by atoms with E-state index in [4.69, 9.17) is 20.4 Å². The Hall–Kier alpha value is -3.46. The largest absolute Gasteiger partial charge is 0.459 e. The highest BCUT2D eigenvalue weighted by Gasteiger charge is 2.33. The molecule has 0 saturated carbocycles. The standard InChI is InChI=1S/C31H38N6O2/c1-2-29(38)35-14-16-36(17-15-35)30-26-11-10-25(37-13-12-24-8-3-4-9-28(24)37)19-27(26)33-31(34-30)39-21-23-7-5-6-22(18-23)20-32/h2-9,18,25,29,38H,1,10-17,19-21,32H2/t25-,29?/m1/s1. The first-order chi connectivity index (χ1) is 19.1. The van der Waals surface area contributed by atoms with Crippen LogP contribution in [0.1, 0.15) is 34.4 Å². The third-order valence-corrected chi connectivity index (χ3v) is 8.36. The lowest BCUT2D eigenvalue weighted by Gasteiger charge is -2.39. The van der Waals surface area contributed by atoms with Gasteiger partial charge in [0.2, 0.25) is 0 Å². The molecule has 3 N–H and O–H groups in total. The number of anilines is 2. The predicted molar refractivity (Wildman–Crippen MR) is 154 cm³/mol. The Morgan fingerprint density at radius 3 is 2.67 bits per heavy atom. The van der Waals surface area contributed by atoms with Crippen LogP contribution in [-0.2, 0) is 32.4 Å². The molecule has 39 heavy (non-hydrogen) atoms. The number of nitrogens with zero attached hydrogens (tertiary/aromatic N) is 5. The quantitative estimate of drug-likeness (QED) is 0.433. The number of para-hydroxylation sites is 1. The number of hydrogen-bond acceptors (Lipinski definition) is 8. The molecule has 0 spiro atoms. The summed E-state index contributed by atoms with van der Waals surface area (Å²) in [7, 11) is 0. The monoisotopic (exact) mass is 526 g/mol. The Morgan fingerprint density at radius 2 is 1.85 bits per heavy atom. The molecule has 3 aromatic rings. The average molecular weight is 527 g/mol. The summed E-state index contributed by atoms with van der Waals surface area (Å²) in [5.74, 6) is 0.985. The second-order valence-electron chi connectivity index (χ2n) is 10.7. The number of aromatic nitrogens is 2. The van der Waals surface area contributed by atoms with Crippen LogP contribution >= 0.6 is 0 Å². The van der Waals surface area contributed by atoms with Gasteiger partial charge in [-0.1, -0.05) is 49.0 Å². The molecule has 1 unspecified atom stereocenters. The van der Waals surface area contributed by atoms with Crippen LogP contribution in [0, 0.1) is 0 Å². The number of benzene rings is 2. The highest BCUT2D eigenvalue weighted by molar-refractivity contribution is 5.60. The van der Waals surface area contributed by atoms with Crippen molar-refractivity contribution in [3.05, 3.63) is 89.1 Å². The van der Waals surface area contributed by atoms with Crippen molar-refractivity contribution >= 4 is 11.5 Å². The summed E-state index contributed by atoms with van der Waals surface area (Å²) in [6, 6.07) is 17.8. The molecule has 3 aliphatic rings. The van der Waals surface area contributed by atoms with Crippen molar-refractivity contribution in [2.45, 2.75) is 51.1 Å². The molecule has 1 aliphatic carbocycles. The SMILES string of the molecule is C=CC(O)N1CCN(c2nc(OCc3cccc(CN)c3)nc3c2CC[C@@H](N2CCc4ccccc42)C3)CC1. The lowest BCUT2D eigenvalue weighted by atomic mass is 9.90. The zero-order chi connectivity index (χ0) is 26.8. The lowest BCUT2D eigenvalue weighted by Crippen LogP contribution is -2.50. The van der Waals surface area contributed by atoms with Gasteiger partial charge in [0, 0.05) is 63.0 Å². The molecule has 0 radical (unpaired) electrons. The van der Waals surface area contributed by atoms with Gasteiger partial charge in [-0.25, -0.2) is 0 Å². The first-order valence-corrected chi connectivity index (χ1v) is 14.1. The van der Waals surface area contributed by atoms with Gasteiger partial charge in [0.1, 0.15) is 18.7 Å². The fraction of sp³-hybridized carbons (Fsp3) is 0.419. The van der Waals surface area contributed by atoms with Gasteiger partial charge in [-0.05, 0) is 48.1 Å². The molecule has 8 nitrogen and oxygen atoms in total. The van der Waals surface area contributed by atoms with Gasteiger partial charge in [0.25, 0.3) is 0 Å². The minimum Gasteiger partial charge on any atom is -0.459 e. The Bertz CT molecular complexity index is 1320. The van der Waals surface area contributed by atoms with Crippen LogP contribution in [0.15, 0.2) is 61.2 Å². The van der Waals surface area contributed by atoms with E-state index < -0.39 is 6.23 Å². The molecule has 2 aliphatic heterocycles. The van der Waals surface area contributed by atoms with Gasteiger partial charge in [-0.2, -0.15) is 9.97 Å². The number of rotatable bonds is 8. The molecule has 1 saturated heterocycles. The number of aliphatic hydroxyl groups excluding tert-OH is 1. The molecule has 0 bridgehead atoms. The first kappa shape index (κ1) is 25.8. The van der Waals surface area contributed by atoms with Gasteiger partial charge in [0.05, 0.1) is 5.69 Å². The van der Waals surface area contributed by atoms with Crippen LogP contribution in [0.2, 0.25) is 0 Å². The van der Waals surface area contributed by atoms with E-state index in [0.717, 1.165) is 81.0 Å². The second-order valence-corrected chi connectivity index (χ2v) is 10.7. The molecule has 8 heteroatoms. The van der Waals surface area contributed by atoms with Crippen LogP contribution in [0.4, 0.5) is 11.5 Å². The van der Waals surface area contributed by atoms with E-state index in [2.05, 4.69) is 46.7 Å². The average Bonchev–Trinajstić information content (AvgIpc) is 3.43. The van der Waals surface area contributed by atoms with Crippen LogP contribution < -0.4 is 20.3 Å². The van der Waals surface area contributed by atoms with Crippen molar-refractivity contribution in [1.29, 1.82) is 0 Å². The number of piperazine rings is 1. The summed E-state index contributed by atoms with van der Waals surface area (Å²) < 4.78 is 6.22. The summed E-state index contributed by atoms with van der Waals surface area (Å²) in [6.07, 6.45) is 4.99. The van der Waals surface area contributed by atoms with Crippen LogP contribution in [0.3, 0.4) is 0 Å². The van der Waals surface area contributed by atoms with E-state index >= 15 is 0 Å². The fourth-order valence-electron chi connectivity index (χ4n) is 6.23. The maximum Gasteiger partial charge on any atom is 0.318 e. The summed E-state index contributed by atoms with van der Waals surface area (Å²) in [5.41, 5.74) is 13.1. The summed E-state index contributed by atoms with van der Waals surface area (Å²) in [6.45, 7) is 8.77. The molecule has 1 fully saturated rings. The molecular formula is C31H38N6O2. The first-order valence-electron chi connectivity index (χ1n) is 14.1. The number of ether oxygens (including phenoxy) is 1. The van der Waals surface area contributed by atoms with E-state index in [-0.39, 0.29) is 0 Å². The van der Waals surface area contributed by atoms with E-state index in [1.807, 2.05) is 23.1 Å². The minimum absolute atomic E-state index is 0.397. The van der Waals surface area contributed by atoms with Crippen LogP contribution in [-0.4, -0.2) is 65.0 Å². The molecule has 1 aromatic heterocycles. The second kappa shape index (κ2) is 11.3. The summed E-state index contributed by atoms with van der Waals surface area (Å²) >= 11 is 0. The van der Waals surface area contributed by atoms with Gasteiger partial charge in [-0.15, -0.1) is 0 Å². The van der Waals surface area contributed by atoms with Crippen LogP contribution in [0.25, 0.3) is 0 Å². The van der Waals surface area contributed by atoms with E-state index in [1.165, 1.54) is 16.8 Å². The van der Waals surface area contributed by atoms with Crippen molar-refractivity contribution in [3.8, 4) is 6.01 Å². The molecule has 204 valence electrons. The molecule has 0 amide bonds. The highest BCUT2D eigenvalue weighted by Crippen LogP contribution is 2.37. The number of fused-ring (bicyclic) bond motifs is 2. The Labute approximate surface area is 230 Å². The topological polar surface area (TPSA) is 91.0 Å². The highest BCUT2D eigenvalue weighted by atomic mass is 16.5. The smallest absolute Gasteiger partial charge is 0.318 e. The molecular weight excluding hydrogens is 488 g/mol. The molecule has 6 rings (SSSR count). The Balaban J connectivity index is 1.27. The zero-order valence-electron chi connectivity index (χ0n) is 22.5. The van der Waals surface area contributed by atoms with Gasteiger partial charge >= 0.3 is 6.01 Å². The van der Waals surface area contributed by atoms with Crippen molar-refractivity contribution in [2.24, 2.45) is 5.73 Å². The fourth-order valence-corrected chi connectivity index (χ4v) is 6.23. The normalized spacial score (nSPS) is 19.9. The molecule has 3 heterocycles. The van der Waals surface area contributed by atoms with Gasteiger partial charge in [0.15, 0.2) is 0 Å². The third kappa shape index (κ3) is 5.37. The lowest BCUT2D eigenvalue weighted by molar-refractivity contribution is 0.0379. The van der Waals surface area contributed by atoms with Crippen molar-refractivity contribution in [2.75, 3.05) is 42.5 Å².